The predicted molar refractivity (Wildman–Crippen MR) is 75.1 cm³/mol. The fourth-order valence-electron chi connectivity index (χ4n) is 1.14. The smallest absolute Gasteiger partial charge is 0.229 e. The molecule has 1 aromatic carbocycles. The molecule has 17 heavy (non-hydrogen) atoms. The molecule has 1 aromatic rings. The van der Waals surface area contributed by atoms with Gasteiger partial charge in [0, 0.05) is 5.56 Å². The van der Waals surface area contributed by atoms with Crippen LogP contribution in [0.25, 0.3) is 0 Å². The molecule has 1 N–H and O–H groups in total. The van der Waals surface area contributed by atoms with Crippen molar-refractivity contribution in [2.75, 3.05) is 11.0 Å². The second kappa shape index (κ2) is 4.94. The van der Waals surface area contributed by atoms with Crippen molar-refractivity contribution in [3.05, 3.63) is 29.8 Å². The van der Waals surface area contributed by atoms with Gasteiger partial charge in [0.1, 0.15) is 8.07 Å². The quantitative estimate of drug-likeness (QED) is 0.660. The minimum absolute atomic E-state index is 0.542. The molecule has 92 valence electrons. The number of hydrogen-bond donors (Lipinski definition) is 1. The molecular weight excluding hydrogens is 250 g/mol. The van der Waals surface area contributed by atoms with E-state index in [1.54, 1.807) is 12.1 Å². The summed E-state index contributed by atoms with van der Waals surface area (Å²) < 4.78 is 24.9. The summed E-state index contributed by atoms with van der Waals surface area (Å²) in [6, 6.07) is 7.17. The molecular formula is C12H17NO2SSi. The lowest BCUT2D eigenvalue weighted by atomic mass is 10.2. The number of hydrogen-bond acceptors (Lipinski definition) is 2. The standard InChI is InChI=1S/C12H17NO2SSi/c1-16(14,15)13-12-8-6-5-7-11(12)9-10-17(2,3)4/h5-8,13H,1-4H3. The van der Waals surface area contributed by atoms with Crippen molar-refractivity contribution in [2.45, 2.75) is 19.6 Å². The highest BCUT2D eigenvalue weighted by atomic mass is 32.2. The van der Waals surface area contributed by atoms with Crippen LogP contribution >= 0.6 is 0 Å². The Labute approximate surface area is 104 Å². The fraction of sp³-hybridized carbons (Fsp3) is 0.333. The summed E-state index contributed by atoms with van der Waals surface area (Å²) in [6.45, 7) is 6.44. The van der Waals surface area contributed by atoms with Crippen molar-refractivity contribution in [2.24, 2.45) is 0 Å². The molecule has 0 aliphatic carbocycles. The maximum absolute atomic E-state index is 11.2. The van der Waals surface area contributed by atoms with Crippen LogP contribution in [0.4, 0.5) is 5.69 Å². The van der Waals surface area contributed by atoms with Gasteiger partial charge in [0.2, 0.25) is 10.0 Å². The zero-order valence-corrected chi connectivity index (χ0v) is 12.4. The Kier molecular flexibility index (Phi) is 4.01. The van der Waals surface area contributed by atoms with E-state index >= 15 is 0 Å². The number of anilines is 1. The number of benzene rings is 1. The van der Waals surface area contributed by atoms with Gasteiger partial charge in [-0.05, 0) is 12.1 Å². The molecule has 0 atom stereocenters. The number of nitrogens with one attached hydrogen (secondary N) is 1. The lowest BCUT2D eigenvalue weighted by molar-refractivity contribution is 0.607. The Morgan fingerprint density at radius 3 is 2.29 bits per heavy atom. The van der Waals surface area contributed by atoms with E-state index in [2.05, 4.69) is 35.8 Å². The minimum atomic E-state index is -3.26. The van der Waals surface area contributed by atoms with Crippen molar-refractivity contribution >= 4 is 23.8 Å². The molecule has 0 radical (unpaired) electrons. The molecule has 0 unspecified atom stereocenters. The average Bonchev–Trinajstić information content (AvgIpc) is 2.12. The van der Waals surface area contributed by atoms with Gasteiger partial charge in [-0.25, -0.2) is 8.42 Å². The second-order valence-electron chi connectivity index (χ2n) is 4.92. The zero-order valence-electron chi connectivity index (χ0n) is 10.5. The Bertz CT molecular complexity index is 562. The third kappa shape index (κ3) is 5.57. The Morgan fingerprint density at radius 1 is 1.18 bits per heavy atom. The van der Waals surface area contributed by atoms with Crippen molar-refractivity contribution in [3.63, 3.8) is 0 Å². The Balaban J connectivity index is 3.12. The van der Waals surface area contributed by atoms with Crippen LogP contribution in [0.1, 0.15) is 5.56 Å². The molecule has 0 spiro atoms. The summed E-state index contributed by atoms with van der Waals surface area (Å²) in [4.78, 5) is 0. The fourth-order valence-corrected chi connectivity index (χ4v) is 2.22. The molecule has 0 fully saturated rings. The van der Waals surface area contributed by atoms with E-state index in [1.807, 2.05) is 12.1 Å². The van der Waals surface area contributed by atoms with E-state index < -0.39 is 18.1 Å². The Hall–Kier alpha value is -1.25. The van der Waals surface area contributed by atoms with Crippen LogP contribution in [-0.2, 0) is 10.0 Å². The highest BCUT2D eigenvalue weighted by Gasteiger charge is 2.09. The third-order valence-corrected chi connectivity index (χ3v) is 3.26. The van der Waals surface area contributed by atoms with Gasteiger partial charge in [-0.2, -0.15) is 0 Å². The topological polar surface area (TPSA) is 46.2 Å². The predicted octanol–water partition coefficient (Wildman–Crippen LogP) is 2.29. The van der Waals surface area contributed by atoms with Gasteiger partial charge in [-0.15, -0.1) is 5.54 Å². The van der Waals surface area contributed by atoms with E-state index in [9.17, 15) is 8.42 Å². The monoisotopic (exact) mass is 267 g/mol. The zero-order chi connectivity index (χ0) is 13.1. The average molecular weight is 267 g/mol. The molecule has 0 aliphatic rings. The summed E-state index contributed by atoms with van der Waals surface area (Å²) in [5.74, 6) is 3.06. The number of rotatable bonds is 2. The van der Waals surface area contributed by atoms with Crippen LogP contribution in [0.2, 0.25) is 19.6 Å². The van der Waals surface area contributed by atoms with E-state index in [0.717, 1.165) is 11.8 Å². The van der Waals surface area contributed by atoms with E-state index in [-0.39, 0.29) is 0 Å². The van der Waals surface area contributed by atoms with Gasteiger partial charge in [-0.3, -0.25) is 4.72 Å². The van der Waals surface area contributed by atoms with Gasteiger partial charge in [0.25, 0.3) is 0 Å². The molecule has 1 rings (SSSR count). The highest BCUT2D eigenvalue weighted by Crippen LogP contribution is 2.15. The molecule has 0 bridgehead atoms. The second-order valence-corrected chi connectivity index (χ2v) is 11.4. The molecule has 0 amide bonds. The van der Waals surface area contributed by atoms with E-state index in [4.69, 9.17) is 0 Å². The molecule has 5 heteroatoms. The van der Waals surface area contributed by atoms with Crippen LogP contribution in [0.5, 0.6) is 0 Å². The first-order valence-electron chi connectivity index (χ1n) is 5.27. The van der Waals surface area contributed by atoms with Crippen molar-refractivity contribution < 1.29 is 8.42 Å². The molecule has 0 aliphatic heterocycles. The van der Waals surface area contributed by atoms with Crippen molar-refractivity contribution in [3.8, 4) is 11.5 Å². The first-order chi connectivity index (χ1) is 7.67. The van der Waals surface area contributed by atoms with Crippen LogP contribution in [0.15, 0.2) is 24.3 Å². The highest BCUT2D eigenvalue weighted by molar-refractivity contribution is 7.92. The molecule has 0 heterocycles. The molecule has 0 saturated carbocycles. The van der Waals surface area contributed by atoms with Crippen LogP contribution in [-0.4, -0.2) is 22.7 Å². The Morgan fingerprint density at radius 2 is 1.76 bits per heavy atom. The first-order valence-corrected chi connectivity index (χ1v) is 10.7. The minimum Gasteiger partial charge on any atom is -0.283 e. The van der Waals surface area contributed by atoms with Crippen LogP contribution < -0.4 is 4.72 Å². The number of sulfonamides is 1. The molecule has 0 saturated heterocycles. The maximum Gasteiger partial charge on any atom is 0.229 e. The van der Waals surface area contributed by atoms with Crippen LogP contribution in [0.3, 0.4) is 0 Å². The van der Waals surface area contributed by atoms with Crippen molar-refractivity contribution in [1.82, 2.24) is 0 Å². The third-order valence-electron chi connectivity index (χ3n) is 1.79. The molecule has 3 nitrogen and oxygen atoms in total. The maximum atomic E-state index is 11.2. The van der Waals surface area contributed by atoms with Gasteiger partial charge < -0.3 is 0 Å². The van der Waals surface area contributed by atoms with Crippen LogP contribution in [0, 0.1) is 11.5 Å². The molecule has 0 aromatic heterocycles. The van der Waals surface area contributed by atoms with E-state index in [0.29, 0.717) is 5.69 Å². The first kappa shape index (κ1) is 13.8. The summed E-state index contributed by atoms with van der Waals surface area (Å²) in [7, 11) is -4.72. The summed E-state index contributed by atoms with van der Waals surface area (Å²) in [5.41, 5.74) is 4.48. The lowest BCUT2D eigenvalue weighted by Gasteiger charge is -2.07. The SMILES string of the molecule is C[Si](C)(C)C#Cc1ccccc1NS(C)(=O)=O. The lowest BCUT2D eigenvalue weighted by Crippen LogP contribution is -2.16. The van der Waals surface area contributed by atoms with Gasteiger partial charge >= 0.3 is 0 Å². The summed E-state index contributed by atoms with van der Waals surface area (Å²) in [5, 5.41) is 0. The number of para-hydroxylation sites is 1. The largest absolute Gasteiger partial charge is 0.283 e. The summed E-state index contributed by atoms with van der Waals surface area (Å²) >= 11 is 0. The van der Waals surface area contributed by atoms with Gasteiger partial charge in [0.05, 0.1) is 11.9 Å². The normalized spacial score (nSPS) is 11.5. The van der Waals surface area contributed by atoms with Gasteiger partial charge in [-0.1, -0.05) is 37.7 Å². The van der Waals surface area contributed by atoms with E-state index in [1.165, 1.54) is 0 Å². The van der Waals surface area contributed by atoms with Crippen molar-refractivity contribution in [1.29, 1.82) is 0 Å². The summed E-state index contributed by atoms with van der Waals surface area (Å²) in [6.07, 6.45) is 1.13. The van der Waals surface area contributed by atoms with Gasteiger partial charge in [0.15, 0.2) is 0 Å².